The van der Waals surface area contributed by atoms with Crippen molar-refractivity contribution in [3.63, 3.8) is 0 Å². The van der Waals surface area contributed by atoms with Gasteiger partial charge in [0.2, 0.25) is 0 Å². The summed E-state index contributed by atoms with van der Waals surface area (Å²) < 4.78 is 32.6. The van der Waals surface area contributed by atoms with Gasteiger partial charge in [0.05, 0.1) is 28.6 Å². The minimum atomic E-state index is -3.83. The van der Waals surface area contributed by atoms with E-state index in [9.17, 15) is 13.2 Å². The SMILES string of the molecule is O=c1[nH]c2ccc(S(=O)(=O)Nc3cccc(-c4cnc[nH]4)c3)cc2o1. The fourth-order valence-electron chi connectivity index (χ4n) is 2.47. The van der Waals surface area contributed by atoms with Gasteiger partial charge in [0.15, 0.2) is 5.58 Å². The number of imidazole rings is 1. The summed E-state index contributed by atoms with van der Waals surface area (Å²) in [6.45, 7) is 0. The standard InChI is InChI=1S/C16H12N4O4S/c21-16-19-13-5-4-12(7-15(13)24-16)25(22,23)20-11-3-1-2-10(6-11)14-8-17-9-18-14/h1-9,20H,(H,17,18)(H,19,21). The largest absolute Gasteiger partial charge is 0.417 e. The number of fused-ring (bicyclic) bond motifs is 1. The minimum absolute atomic E-state index is 0.00491. The first-order valence-electron chi connectivity index (χ1n) is 7.26. The Labute approximate surface area is 141 Å². The molecule has 0 atom stereocenters. The van der Waals surface area contributed by atoms with Crippen LogP contribution in [0.25, 0.3) is 22.4 Å². The molecule has 0 amide bonds. The molecule has 2 heterocycles. The van der Waals surface area contributed by atoms with Crippen LogP contribution < -0.4 is 10.5 Å². The van der Waals surface area contributed by atoms with E-state index in [0.29, 0.717) is 11.2 Å². The van der Waals surface area contributed by atoms with Gasteiger partial charge in [-0.1, -0.05) is 12.1 Å². The van der Waals surface area contributed by atoms with Gasteiger partial charge in [-0.05, 0) is 24.3 Å². The second kappa shape index (κ2) is 5.64. The molecule has 3 N–H and O–H groups in total. The van der Waals surface area contributed by atoms with Crippen LogP contribution in [0.2, 0.25) is 0 Å². The predicted molar refractivity (Wildman–Crippen MR) is 91.7 cm³/mol. The number of aromatic amines is 2. The molecular weight excluding hydrogens is 344 g/mol. The Morgan fingerprint density at radius 3 is 2.80 bits per heavy atom. The lowest BCUT2D eigenvalue weighted by Gasteiger charge is -2.09. The van der Waals surface area contributed by atoms with E-state index < -0.39 is 15.8 Å². The Bertz CT molecular complexity index is 1210. The molecule has 126 valence electrons. The van der Waals surface area contributed by atoms with Crippen molar-refractivity contribution in [1.29, 1.82) is 0 Å². The zero-order valence-electron chi connectivity index (χ0n) is 12.7. The molecule has 4 rings (SSSR count). The highest BCUT2D eigenvalue weighted by atomic mass is 32.2. The van der Waals surface area contributed by atoms with E-state index in [1.165, 1.54) is 18.2 Å². The van der Waals surface area contributed by atoms with Crippen molar-refractivity contribution in [2.75, 3.05) is 4.72 Å². The number of aromatic nitrogens is 3. The summed E-state index contributed by atoms with van der Waals surface area (Å²) in [7, 11) is -3.83. The normalized spacial score (nSPS) is 11.7. The van der Waals surface area contributed by atoms with Crippen LogP contribution in [0.4, 0.5) is 5.69 Å². The topological polar surface area (TPSA) is 121 Å². The van der Waals surface area contributed by atoms with Crippen LogP contribution in [0.5, 0.6) is 0 Å². The van der Waals surface area contributed by atoms with Gasteiger partial charge in [0.1, 0.15) is 0 Å². The van der Waals surface area contributed by atoms with Crippen LogP contribution in [0.15, 0.2) is 69.1 Å². The van der Waals surface area contributed by atoms with Crippen molar-refractivity contribution in [3.8, 4) is 11.3 Å². The smallest absolute Gasteiger partial charge is 0.408 e. The van der Waals surface area contributed by atoms with Gasteiger partial charge >= 0.3 is 5.76 Å². The van der Waals surface area contributed by atoms with E-state index in [1.54, 1.807) is 30.7 Å². The molecule has 0 aliphatic heterocycles. The second-order valence-corrected chi connectivity index (χ2v) is 7.01. The third-order valence-electron chi connectivity index (χ3n) is 3.63. The van der Waals surface area contributed by atoms with E-state index in [4.69, 9.17) is 4.42 Å². The summed E-state index contributed by atoms with van der Waals surface area (Å²) in [4.78, 5) is 20.6. The van der Waals surface area contributed by atoms with Gasteiger partial charge in [-0.15, -0.1) is 0 Å². The third-order valence-corrected chi connectivity index (χ3v) is 5.01. The maximum absolute atomic E-state index is 12.6. The van der Waals surface area contributed by atoms with Crippen molar-refractivity contribution in [3.05, 3.63) is 65.5 Å². The molecular formula is C16H12N4O4S. The maximum Gasteiger partial charge on any atom is 0.417 e. The number of nitrogens with zero attached hydrogens (tertiary/aromatic N) is 1. The Balaban J connectivity index is 1.68. The third kappa shape index (κ3) is 2.92. The summed E-state index contributed by atoms with van der Waals surface area (Å²) >= 11 is 0. The van der Waals surface area contributed by atoms with Gasteiger partial charge in [0, 0.05) is 17.3 Å². The average molecular weight is 356 g/mol. The first kappa shape index (κ1) is 15.2. The summed E-state index contributed by atoms with van der Waals surface area (Å²) in [5.41, 5.74) is 2.59. The van der Waals surface area contributed by atoms with Crippen LogP contribution in [0.1, 0.15) is 0 Å². The monoisotopic (exact) mass is 356 g/mol. The van der Waals surface area contributed by atoms with Gasteiger partial charge in [0.25, 0.3) is 10.0 Å². The quantitative estimate of drug-likeness (QED) is 0.518. The van der Waals surface area contributed by atoms with Crippen molar-refractivity contribution in [1.82, 2.24) is 15.0 Å². The molecule has 2 aromatic heterocycles. The first-order chi connectivity index (χ1) is 12.0. The molecule has 0 saturated heterocycles. The first-order valence-corrected chi connectivity index (χ1v) is 8.74. The fourth-order valence-corrected chi connectivity index (χ4v) is 3.54. The molecule has 0 aliphatic rings. The van der Waals surface area contributed by atoms with Crippen molar-refractivity contribution >= 4 is 26.8 Å². The predicted octanol–water partition coefficient (Wildman–Crippen LogP) is 2.31. The van der Waals surface area contributed by atoms with E-state index in [-0.39, 0.29) is 10.5 Å². The zero-order chi connectivity index (χ0) is 17.4. The molecule has 8 nitrogen and oxygen atoms in total. The number of rotatable bonds is 4. The molecule has 9 heteroatoms. The summed E-state index contributed by atoms with van der Waals surface area (Å²) in [6, 6.07) is 11.1. The second-order valence-electron chi connectivity index (χ2n) is 5.32. The van der Waals surface area contributed by atoms with Crippen LogP contribution in [0, 0.1) is 0 Å². The fraction of sp³-hybridized carbons (Fsp3) is 0. The summed E-state index contributed by atoms with van der Waals surface area (Å²) in [5, 5.41) is 0. The van der Waals surface area contributed by atoms with E-state index in [1.807, 2.05) is 6.07 Å². The number of hydrogen-bond donors (Lipinski definition) is 3. The molecule has 0 fully saturated rings. The van der Waals surface area contributed by atoms with E-state index in [0.717, 1.165) is 11.3 Å². The lowest BCUT2D eigenvalue weighted by atomic mass is 10.1. The van der Waals surface area contributed by atoms with Crippen molar-refractivity contribution in [2.24, 2.45) is 0 Å². The molecule has 0 aliphatic carbocycles. The van der Waals surface area contributed by atoms with Crippen LogP contribution in [-0.4, -0.2) is 23.4 Å². The van der Waals surface area contributed by atoms with Crippen molar-refractivity contribution in [2.45, 2.75) is 4.90 Å². The number of nitrogens with one attached hydrogen (secondary N) is 3. The Hall–Kier alpha value is -3.33. The Morgan fingerprint density at radius 2 is 2.00 bits per heavy atom. The average Bonchev–Trinajstić information content (AvgIpc) is 3.22. The van der Waals surface area contributed by atoms with Crippen LogP contribution in [-0.2, 0) is 10.0 Å². The molecule has 25 heavy (non-hydrogen) atoms. The zero-order valence-corrected chi connectivity index (χ0v) is 13.5. The minimum Gasteiger partial charge on any atom is -0.408 e. The molecule has 0 unspecified atom stereocenters. The lowest BCUT2D eigenvalue weighted by Crippen LogP contribution is -2.12. The molecule has 0 spiro atoms. The van der Waals surface area contributed by atoms with Gasteiger partial charge < -0.3 is 9.40 Å². The van der Waals surface area contributed by atoms with Gasteiger partial charge in [-0.3, -0.25) is 9.71 Å². The summed E-state index contributed by atoms with van der Waals surface area (Å²) in [6.07, 6.45) is 3.20. The molecule has 0 bridgehead atoms. The number of benzene rings is 2. The van der Waals surface area contributed by atoms with Gasteiger partial charge in [-0.2, -0.15) is 0 Å². The summed E-state index contributed by atoms with van der Waals surface area (Å²) in [5.74, 6) is -0.634. The number of hydrogen-bond acceptors (Lipinski definition) is 5. The highest BCUT2D eigenvalue weighted by Crippen LogP contribution is 2.23. The molecule has 2 aromatic carbocycles. The number of H-pyrrole nitrogens is 2. The molecule has 0 saturated carbocycles. The number of oxazole rings is 1. The number of sulfonamides is 1. The highest BCUT2D eigenvalue weighted by molar-refractivity contribution is 7.92. The van der Waals surface area contributed by atoms with Crippen LogP contribution >= 0.6 is 0 Å². The number of anilines is 1. The van der Waals surface area contributed by atoms with E-state index >= 15 is 0 Å². The highest BCUT2D eigenvalue weighted by Gasteiger charge is 2.16. The molecule has 0 radical (unpaired) electrons. The maximum atomic E-state index is 12.6. The Kier molecular flexibility index (Phi) is 3.43. The van der Waals surface area contributed by atoms with Crippen molar-refractivity contribution < 1.29 is 12.8 Å². The van der Waals surface area contributed by atoms with Gasteiger partial charge in [-0.25, -0.2) is 18.2 Å². The Morgan fingerprint density at radius 1 is 1.12 bits per heavy atom. The lowest BCUT2D eigenvalue weighted by molar-refractivity contribution is 0.554. The van der Waals surface area contributed by atoms with Crippen LogP contribution in [0.3, 0.4) is 0 Å². The molecule has 4 aromatic rings. The van der Waals surface area contributed by atoms with E-state index in [2.05, 4.69) is 19.7 Å².